The summed E-state index contributed by atoms with van der Waals surface area (Å²) in [7, 11) is -6.25. The molecular weight excluding hydrogens is 588 g/mol. The van der Waals surface area contributed by atoms with Gasteiger partial charge in [-0.3, -0.25) is 9.52 Å². The molecule has 2 fully saturated rings. The van der Waals surface area contributed by atoms with Crippen molar-refractivity contribution in [2.24, 2.45) is 11.8 Å². The summed E-state index contributed by atoms with van der Waals surface area (Å²) in [5.41, 5.74) is 1.56. The van der Waals surface area contributed by atoms with Crippen LogP contribution in [0.25, 0.3) is 0 Å². The summed E-state index contributed by atoms with van der Waals surface area (Å²) < 4.78 is 62.8. The summed E-state index contributed by atoms with van der Waals surface area (Å²) in [4.78, 5) is 15.7. The third-order valence-electron chi connectivity index (χ3n) is 7.88. The van der Waals surface area contributed by atoms with Crippen LogP contribution in [0.1, 0.15) is 43.5 Å². The molecule has 1 amide bonds. The van der Waals surface area contributed by atoms with Gasteiger partial charge in [0.2, 0.25) is 10.0 Å². The molecule has 0 saturated carbocycles. The van der Waals surface area contributed by atoms with Gasteiger partial charge < -0.3 is 15.0 Å². The van der Waals surface area contributed by atoms with Crippen LogP contribution in [0.2, 0.25) is 0 Å². The predicted molar refractivity (Wildman–Crippen MR) is 168 cm³/mol. The van der Waals surface area contributed by atoms with Crippen LogP contribution < -0.4 is 19.7 Å². The number of rotatable bonds is 9. The van der Waals surface area contributed by atoms with E-state index in [0.717, 1.165) is 32.4 Å². The summed E-state index contributed by atoms with van der Waals surface area (Å²) >= 11 is 0. The third kappa shape index (κ3) is 6.97. The first-order valence-electron chi connectivity index (χ1n) is 14.4. The number of ether oxygens (including phenoxy) is 1. The van der Waals surface area contributed by atoms with E-state index in [1.54, 1.807) is 42.5 Å². The molecule has 230 valence electrons. The van der Waals surface area contributed by atoms with Gasteiger partial charge in [0.25, 0.3) is 15.9 Å². The predicted octanol–water partition coefficient (Wildman–Crippen LogP) is 5.02. The zero-order valence-electron chi connectivity index (χ0n) is 24.6. The summed E-state index contributed by atoms with van der Waals surface area (Å²) in [5, 5.41) is 2.87. The first-order chi connectivity index (χ1) is 20.5. The normalized spacial score (nSPS) is 19.7. The van der Waals surface area contributed by atoms with Gasteiger partial charge in [0.1, 0.15) is 5.75 Å². The van der Waals surface area contributed by atoms with E-state index in [2.05, 4.69) is 14.9 Å². The van der Waals surface area contributed by atoms with Crippen LogP contribution in [-0.4, -0.2) is 60.3 Å². The molecule has 0 spiro atoms. The second-order valence-electron chi connectivity index (χ2n) is 11.5. The van der Waals surface area contributed by atoms with Gasteiger partial charge in [0.05, 0.1) is 28.3 Å². The van der Waals surface area contributed by atoms with Crippen molar-refractivity contribution in [1.82, 2.24) is 4.31 Å². The largest absolute Gasteiger partial charge is 0.497 e. The number of nitrogens with zero attached hydrogens (tertiary/aromatic N) is 2. The van der Waals surface area contributed by atoms with E-state index in [-0.39, 0.29) is 27.2 Å². The molecule has 5 rings (SSSR count). The average molecular weight is 627 g/mol. The number of amides is 1. The van der Waals surface area contributed by atoms with E-state index in [9.17, 15) is 21.6 Å². The Morgan fingerprint density at radius 3 is 2.19 bits per heavy atom. The van der Waals surface area contributed by atoms with E-state index in [1.165, 1.54) is 35.7 Å². The topological polar surface area (TPSA) is 125 Å². The Kier molecular flexibility index (Phi) is 9.00. The molecule has 12 heteroatoms. The molecule has 2 aliphatic heterocycles. The molecule has 2 unspecified atom stereocenters. The fraction of sp³-hybridized carbons (Fsp3) is 0.387. The highest BCUT2D eigenvalue weighted by Gasteiger charge is 2.32. The summed E-state index contributed by atoms with van der Waals surface area (Å²) in [6.45, 7) is 6.52. The van der Waals surface area contributed by atoms with Crippen LogP contribution in [0, 0.1) is 11.8 Å². The quantitative estimate of drug-likeness (QED) is 0.342. The lowest BCUT2D eigenvalue weighted by Crippen LogP contribution is -2.42. The van der Waals surface area contributed by atoms with Crippen LogP contribution in [-0.2, 0) is 20.0 Å². The number of hydrogen-bond acceptors (Lipinski definition) is 7. The fourth-order valence-corrected chi connectivity index (χ4v) is 8.64. The van der Waals surface area contributed by atoms with Crippen LogP contribution in [0.5, 0.6) is 5.75 Å². The summed E-state index contributed by atoms with van der Waals surface area (Å²) in [5.74, 6) is 0.559. The molecule has 2 atom stereocenters. The zero-order valence-corrected chi connectivity index (χ0v) is 26.2. The number of hydrogen-bond donors (Lipinski definition) is 2. The second-order valence-corrected chi connectivity index (χ2v) is 15.1. The number of nitrogens with one attached hydrogen (secondary N) is 2. The molecule has 2 heterocycles. The van der Waals surface area contributed by atoms with E-state index in [1.807, 2.05) is 13.8 Å². The number of anilines is 3. The van der Waals surface area contributed by atoms with Gasteiger partial charge in [0.15, 0.2) is 0 Å². The molecule has 0 aromatic heterocycles. The van der Waals surface area contributed by atoms with E-state index in [0.29, 0.717) is 35.9 Å². The highest BCUT2D eigenvalue weighted by molar-refractivity contribution is 7.92. The Hall–Kier alpha value is -3.61. The molecule has 3 aromatic rings. The maximum Gasteiger partial charge on any atom is 0.261 e. The minimum Gasteiger partial charge on any atom is -0.497 e. The van der Waals surface area contributed by atoms with Crippen molar-refractivity contribution in [2.75, 3.05) is 48.2 Å². The minimum atomic E-state index is -3.99. The Bertz CT molecular complexity index is 1680. The molecule has 0 aliphatic carbocycles. The van der Waals surface area contributed by atoms with Crippen molar-refractivity contribution in [2.45, 2.75) is 42.9 Å². The number of benzene rings is 3. The molecule has 2 aliphatic rings. The zero-order chi connectivity index (χ0) is 30.8. The van der Waals surface area contributed by atoms with Crippen LogP contribution >= 0.6 is 0 Å². The Labute approximate surface area is 254 Å². The van der Waals surface area contributed by atoms with Crippen molar-refractivity contribution in [1.29, 1.82) is 0 Å². The van der Waals surface area contributed by atoms with Gasteiger partial charge in [-0.05, 0) is 91.8 Å². The van der Waals surface area contributed by atoms with Gasteiger partial charge in [-0.25, -0.2) is 16.8 Å². The van der Waals surface area contributed by atoms with Crippen LogP contribution in [0.3, 0.4) is 0 Å². The lowest BCUT2D eigenvalue weighted by Gasteiger charge is -2.34. The van der Waals surface area contributed by atoms with Crippen molar-refractivity contribution in [3.8, 4) is 5.75 Å². The molecule has 2 saturated heterocycles. The summed E-state index contributed by atoms with van der Waals surface area (Å²) in [6, 6.07) is 17.2. The van der Waals surface area contributed by atoms with Gasteiger partial charge in [-0.2, -0.15) is 4.31 Å². The van der Waals surface area contributed by atoms with Gasteiger partial charge >= 0.3 is 0 Å². The van der Waals surface area contributed by atoms with Crippen molar-refractivity contribution < 1.29 is 26.4 Å². The lowest BCUT2D eigenvalue weighted by atomic mass is 9.94. The number of carbonyl (C=O) groups is 1. The first kappa shape index (κ1) is 30.8. The number of methoxy groups -OCH3 is 1. The second kappa shape index (κ2) is 12.6. The monoisotopic (exact) mass is 626 g/mol. The van der Waals surface area contributed by atoms with Crippen LogP contribution in [0.15, 0.2) is 76.5 Å². The Morgan fingerprint density at radius 1 is 0.860 bits per heavy atom. The maximum atomic E-state index is 13.5. The van der Waals surface area contributed by atoms with Gasteiger partial charge in [0, 0.05) is 37.4 Å². The Morgan fingerprint density at radius 2 is 1.53 bits per heavy atom. The standard InChI is InChI=1S/C31H38N4O6S2/c1-22-17-23(2)21-35(20-22)43(39,40)28-8-6-7-24(18-28)31(36)32-29-19-27(13-14-30(29)34-15-4-5-16-34)42(37,38)33-25-9-11-26(41-3)12-10-25/h6-14,18-19,22-23,33H,4-5,15-17,20-21H2,1-3H3,(H,32,36). The van der Waals surface area contributed by atoms with Gasteiger partial charge in [-0.15, -0.1) is 0 Å². The smallest absolute Gasteiger partial charge is 0.261 e. The van der Waals surface area contributed by atoms with Crippen molar-refractivity contribution in [3.05, 3.63) is 72.3 Å². The fourth-order valence-electron chi connectivity index (χ4n) is 5.83. The molecule has 0 radical (unpaired) electrons. The summed E-state index contributed by atoms with van der Waals surface area (Å²) in [6.07, 6.45) is 2.94. The first-order valence-corrected chi connectivity index (χ1v) is 17.4. The number of sulfonamides is 2. The average Bonchev–Trinajstić information content (AvgIpc) is 3.52. The molecule has 43 heavy (non-hydrogen) atoms. The molecule has 3 aromatic carbocycles. The highest BCUT2D eigenvalue weighted by atomic mass is 32.2. The van der Waals surface area contributed by atoms with Crippen molar-refractivity contribution in [3.63, 3.8) is 0 Å². The van der Waals surface area contributed by atoms with E-state index < -0.39 is 26.0 Å². The van der Waals surface area contributed by atoms with E-state index in [4.69, 9.17) is 4.74 Å². The van der Waals surface area contributed by atoms with E-state index >= 15 is 0 Å². The minimum absolute atomic E-state index is 0.0220. The van der Waals surface area contributed by atoms with Crippen molar-refractivity contribution >= 4 is 43.0 Å². The Balaban J connectivity index is 1.42. The highest BCUT2D eigenvalue weighted by Crippen LogP contribution is 2.33. The third-order valence-corrected chi connectivity index (χ3v) is 11.1. The number of carbonyl (C=O) groups excluding carboxylic acids is 1. The molecule has 10 nitrogen and oxygen atoms in total. The van der Waals surface area contributed by atoms with Gasteiger partial charge in [-0.1, -0.05) is 19.9 Å². The lowest BCUT2D eigenvalue weighted by molar-refractivity contribution is 0.102. The van der Waals surface area contributed by atoms with Crippen LogP contribution in [0.4, 0.5) is 17.1 Å². The molecule has 2 N–H and O–H groups in total. The maximum absolute atomic E-state index is 13.5. The molecule has 0 bridgehead atoms. The number of piperidine rings is 1. The molecular formula is C31H38N4O6S2. The SMILES string of the molecule is COc1ccc(NS(=O)(=O)c2ccc(N3CCCC3)c(NC(=O)c3cccc(S(=O)(=O)N4CC(C)CC(C)C4)c3)c2)cc1.